The number of hydrogen-bond acceptors (Lipinski definition) is 7. The lowest BCUT2D eigenvalue weighted by atomic mass is 10.2. The quantitative estimate of drug-likeness (QED) is 0.654. The van der Waals surface area contributed by atoms with E-state index in [1.165, 1.54) is 4.90 Å². The Bertz CT molecular complexity index is 1040. The molecule has 1 N–H and O–H groups in total. The number of piperazine rings is 1. The first-order valence-electron chi connectivity index (χ1n) is 11.0. The molecule has 0 bridgehead atoms. The Labute approximate surface area is 201 Å². The summed E-state index contributed by atoms with van der Waals surface area (Å²) in [4.78, 5) is 35.3. The molecule has 190 valence electrons. The molecule has 1 aliphatic heterocycles. The summed E-state index contributed by atoms with van der Waals surface area (Å²) in [6.45, 7) is 7.86. The molecule has 1 atom stereocenters. The van der Waals surface area contributed by atoms with Crippen LogP contribution in [0.1, 0.15) is 33.3 Å². The highest BCUT2D eigenvalue weighted by molar-refractivity contribution is 5.97. The van der Waals surface area contributed by atoms with Crippen molar-refractivity contribution >= 4 is 23.6 Å². The molecule has 2 aromatic rings. The maximum Gasteiger partial charge on any atom is 0.419 e. The van der Waals surface area contributed by atoms with Crippen LogP contribution in [0.2, 0.25) is 0 Å². The zero-order valence-corrected chi connectivity index (χ0v) is 19.9. The molecule has 1 fully saturated rings. The van der Waals surface area contributed by atoms with Gasteiger partial charge in [0.05, 0.1) is 11.6 Å². The third kappa shape index (κ3) is 7.46. The molecule has 0 saturated carbocycles. The van der Waals surface area contributed by atoms with Crippen molar-refractivity contribution in [3.63, 3.8) is 0 Å². The zero-order chi connectivity index (χ0) is 25.8. The van der Waals surface area contributed by atoms with Crippen LogP contribution in [0, 0.1) is 0 Å². The smallest absolute Gasteiger partial charge is 0.419 e. The van der Waals surface area contributed by atoms with E-state index in [0.29, 0.717) is 36.9 Å². The second kappa shape index (κ2) is 10.4. The average Bonchev–Trinajstić information content (AvgIpc) is 2.76. The molecule has 1 aromatic carbocycles. The van der Waals surface area contributed by atoms with E-state index in [2.05, 4.69) is 15.3 Å². The van der Waals surface area contributed by atoms with Crippen molar-refractivity contribution in [1.29, 1.82) is 0 Å². The van der Waals surface area contributed by atoms with Crippen LogP contribution in [0.15, 0.2) is 36.7 Å². The fraction of sp³-hybridized carbons (Fsp3) is 0.478. The SMILES string of the molecule is C[C@@H](COc1cccc(N2CCN(c3ncc(C(F)(F)F)cn3)CC2=O)c1)NC(=O)OC(C)(C)C. The molecule has 0 unspecified atom stereocenters. The lowest BCUT2D eigenvalue weighted by Crippen LogP contribution is -2.51. The molecule has 9 nitrogen and oxygen atoms in total. The van der Waals surface area contributed by atoms with Gasteiger partial charge in [0, 0.05) is 37.2 Å². The van der Waals surface area contributed by atoms with Gasteiger partial charge in [0.25, 0.3) is 0 Å². The summed E-state index contributed by atoms with van der Waals surface area (Å²) in [7, 11) is 0. The van der Waals surface area contributed by atoms with Gasteiger partial charge in [0.1, 0.15) is 24.5 Å². The molecule has 0 spiro atoms. The van der Waals surface area contributed by atoms with Gasteiger partial charge in [-0.05, 0) is 39.8 Å². The third-order valence-corrected chi connectivity index (χ3v) is 4.86. The summed E-state index contributed by atoms with van der Waals surface area (Å²) < 4.78 is 49.1. The number of anilines is 2. The van der Waals surface area contributed by atoms with Crippen molar-refractivity contribution < 1.29 is 32.2 Å². The number of rotatable bonds is 6. The Balaban J connectivity index is 1.56. The van der Waals surface area contributed by atoms with Gasteiger partial charge in [0.2, 0.25) is 11.9 Å². The van der Waals surface area contributed by atoms with Crippen molar-refractivity contribution in [1.82, 2.24) is 15.3 Å². The number of alkyl carbamates (subject to hydrolysis) is 1. The van der Waals surface area contributed by atoms with Gasteiger partial charge >= 0.3 is 12.3 Å². The Kier molecular flexibility index (Phi) is 7.71. The monoisotopic (exact) mass is 495 g/mol. The number of benzene rings is 1. The van der Waals surface area contributed by atoms with E-state index in [-0.39, 0.29) is 31.0 Å². The molecule has 35 heavy (non-hydrogen) atoms. The molecule has 1 aliphatic rings. The number of ether oxygens (including phenoxy) is 2. The molecular formula is C23H28F3N5O4. The van der Waals surface area contributed by atoms with Gasteiger partial charge in [-0.3, -0.25) is 4.79 Å². The number of nitrogens with zero attached hydrogens (tertiary/aromatic N) is 4. The normalized spacial score (nSPS) is 15.6. The van der Waals surface area contributed by atoms with Crippen LogP contribution in [-0.4, -0.2) is 59.9 Å². The summed E-state index contributed by atoms with van der Waals surface area (Å²) in [5.74, 6) is 0.327. The number of nitrogens with one attached hydrogen (secondary N) is 1. The lowest BCUT2D eigenvalue weighted by molar-refractivity contribution is -0.138. The minimum absolute atomic E-state index is 0.0644. The van der Waals surface area contributed by atoms with Crippen LogP contribution >= 0.6 is 0 Å². The van der Waals surface area contributed by atoms with Gasteiger partial charge in [-0.15, -0.1) is 0 Å². The van der Waals surface area contributed by atoms with Crippen molar-refractivity contribution in [3.05, 3.63) is 42.2 Å². The number of halogens is 3. The van der Waals surface area contributed by atoms with E-state index in [1.807, 2.05) is 0 Å². The van der Waals surface area contributed by atoms with Crippen molar-refractivity contribution in [2.24, 2.45) is 0 Å². The molecule has 2 amide bonds. The first-order valence-corrected chi connectivity index (χ1v) is 11.0. The number of carbonyl (C=O) groups is 2. The van der Waals surface area contributed by atoms with E-state index >= 15 is 0 Å². The Morgan fingerprint density at radius 3 is 2.46 bits per heavy atom. The molecule has 0 radical (unpaired) electrons. The maximum absolute atomic E-state index is 12.8. The largest absolute Gasteiger partial charge is 0.491 e. The molecule has 1 aromatic heterocycles. The van der Waals surface area contributed by atoms with Crippen molar-refractivity contribution in [3.8, 4) is 5.75 Å². The molecule has 12 heteroatoms. The maximum atomic E-state index is 12.8. The first kappa shape index (κ1) is 26.0. The number of alkyl halides is 3. The van der Waals surface area contributed by atoms with Crippen molar-refractivity contribution in [2.75, 3.05) is 36.0 Å². The van der Waals surface area contributed by atoms with E-state index in [1.54, 1.807) is 56.9 Å². The summed E-state index contributed by atoms with van der Waals surface area (Å²) in [6.07, 6.45) is -3.65. The highest BCUT2D eigenvalue weighted by atomic mass is 19.4. The van der Waals surface area contributed by atoms with Gasteiger partial charge in [-0.2, -0.15) is 13.2 Å². The molecule has 3 rings (SSSR count). The minimum Gasteiger partial charge on any atom is -0.491 e. The van der Waals surface area contributed by atoms with E-state index < -0.39 is 23.4 Å². The van der Waals surface area contributed by atoms with Crippen LogP contribution < -0.4 is 19.9 Å². The van der Waals surface area contributed by atoms with Gasteiger partial charge in [-0.25, -0.2) is 14.8 Å². The standard InChI is InChI=1S/C23H28F3N5O4/c1-15(29-21(33)35-22(2,3)4)14-34-18-7-5-6-17(10-18)31-9-8-30(13-19(31)32)20-27-11-16(12-28-20)23(24,25)26/h5-7,10-12,15H,8-9,13-14H2,1-4H3,(H,29,33)/t15-/m0/s1. The Hall–Kier alpha value is -3.57. The van der Waals surface area contributed by atoms with Gasteiger partial charge in [-0.1, -0.05) is 6.07 Å². The third-order valence-electron chi connectivity index (χ3n) is 4.86. The summed E-state index contributed by atoms with van der Waals surface area (Å²) in [5, 5.41) is 2.69. The average molecular weight is 496 g/mol. The number of carbonyl (C=O) groups excluding carboxylic acids is 2. The van der Waals surface area contributed by atoms with Crippen LogP contribution in [0.25, 0.3) is 0 Å². The Morgan fingerprint density at radius 2 is 1.86 bits per heavy atom. The fourth-order valence-corrected chi connectivity index (χ4v) is 3.26. The topological polar surface area (TPSA) is 96.9 Å². The van der Waals surface area contributed by atoms with Crippen molar-refractivity contribution in [2.45, 2.75) is 45.5 Å². The molecule has 1 saturated heterocycles. The summed E-state index contributed by atoms with van der Waals surface area (Å²) in [6, 6.07) is 6.64. The molecule has 0 aliphatic carbocycles. The number of amides is 2. The fourth-order valence-electron chi connectivity index (χ4n) is 3.26. The number of aromatic nitrogens is 2. The second-order valence-electron chi connectivity index (χ2n) is 9.09. The highest BCUT2D eigenvalue weighted by Gasteiger charge is 2.32. The minimum atomic E-state index is -4.52. The summed E-state index contributed by atoms with van der Waals surface area (Å²) in [5.41, 5.74) is -0.930. The second-order valence-corrected chi connectivity index (χ2v) is 9.09. The molecule has 2 heterocycles. The number of hydrogen-bond donors (Lipinski definition) is 1. The first-order chi connectivity index (χ1) is 16.3. The van der Waals surface area contributed by atoms with E-state index in [9.17, 15) is 22.8 Å². The van der Waals surface area contributed by atoms with Crippen LogP contribution in [0.5, 0.6) is 5.75 Å². The Morgan fingerprint density at radius 1 is 1.17 bits per heavy atom. The summed E-state index contributed by atoms with van der Waals surface area (Å²) >= 11 is 0. The van der Waals surface area contributed by atoms with Gasteiger partial charge in [0.15, 0.2) is 0 Å². The van der Waals surface area contributed by atoms with Crippen LogP contribution in [0.4, 0.5) is 29.6 Å². The molecular weight excluding hydrogens is 467 g/mol. The predicted octanol–water partition coefficient (Wildman–Crippen LogP) is 3.64. The van der Waals surface area contributed by atoms with Gasteiger partial charge < -0.3 is 24.6 Å². The van der Waals surface area contributed by atoms with Crippen LogP contribution in [-0.2, 0) is 15.7 Å². The highest BCUT2D eigenvalue weighted by Crippen LogP contribution is 2.29. The van der Waals surface area contributed by atoms with E-state index in [4.69, 9.17) is 9.47 Å². The van der Waals surface area contributed by atoms with Crippen LogP contribution in [0.3, 0.4) is 0 Å². The van der Waals surface area contributed by atoms with E-state index in [0.717, 1.165) is 0 Å². The lowest BCUT2D eigenvalue weighted by Gasteiger charge is -2.34. The zero-order valence-electron chi connectivity index (χ0n) is 19.9. The predicted molar refractivity (Wildman–Crippen MR) is 122 cm³/mol.